The Bertz CT molecular complexity index is 1380. The van der Waals surface area contributed by atoms with Gasteiger partial charge >= 0.3 is 5.63 Å². The molecule has 3 aromatic carbocycles. The van der Waals surface area contributed by atoms with E-state index in [0.717, 1.165) is 46.4 Å². The van der Waals surface area contributed by atoms with E-state index in [4.69, 9.17) is 32.4 Å². The van der Waals surface area contributed by atoms with Crippen LogP contribution in [0.3, 0.4) is 0 Å². The molecule has 0 N–H and O–H groups in total. The molecule has 0 unspecified atom stereocenters. The fourth-order valence-corrected chi connectivity index (χ4v) is 4.86. The van der Waals surface area contributed by atoms with Crippen molar-refractivity contribution in [1.29, 1.82) is 0 Å². The lowest BCUT2D eigenvalue weighted by Crippen LogP contribution is -2.33. The van der Waals surface area contributed by atoms with E-state index in [1.54, 1.807) is 6.07 Å². The van der Waals surface area contributed by atoms with Gasteiger partial charge in [-0.1, -0.05) is 59.6 Å². The molecule has 0 radical (unpaired) electrons. The van der Waals surface area contributed by atoms with Gasteiger partial charge in [-0.15, -0.1) is 0 Å². The van der Waals surface area contributed by atoms with E-state index in [1.165, 1.54) is 0 Å². The molecule has 0 saturated carbocycles. The highest BCUT2D eigenvalue weighted by molar-refractivity contribution is 6.35. The second-order valence-corrected chi connectivity index (χ2v) is 9.23. The Morgan fingerprint density at radius 1 is 1.03 bits per heavy atom. The van der Waals surface area contributed by atoms with Gasteiger partial charge in [0.05, 0.1) is 5.56 Å². The van der Waals surface area contributed by atoms with Crippen LogP contribution < -0.4 is 10.4 Å². The van der Waals surface area contributed by atoms with E-state index in [0.29, 0.717) is 40.9 Å². The van der Waals surface area contributed by atoms with Crippen molar-refractivity contribution in [2.24, 2.45) is 0 Å². The molecule has 0 fully saturated rings. The highest BCUT2D eigenvalue weighted by Crippen LogP contribution is 2.34. The van der Waals surface area contributed by atoms with E-state index in [1.807, 2.05) is 61.5 Å². The first-order valence-corrected chi connectivity index (χ1v) is 11.7. The fourth-order valence-electron chi connectivity index (χ4n) is 4.36. The van der Waals surface area contributed by atoms with Crippen molar-refractivity contribution in [2.45, 2.75) is 26.3 Å². The molecule has 0 amide bonds. The van der Waals surface area contributed by atoms with E-state index < -0.39 is 0 Å². The first-order chi connectivity index (χ1) is 16.0. The summed E-state index contributed by atoms with van der Waals surface area (Å²) in [6.45, 7) is 3.86. The third-order valence-corrected chi connectivity index (χ3v) is 6.82. The molecule has 5 rings (SSSR count). The maximum absolute atomic E-state index is 13.0. The Hall–Kier alpha value is -2.79. The molecule has 6 heteroatoms. The van der Waals surface area contributed by atoms with Crippen LogP contribution >= 0.6 is 23.2 Å². The van der Waals surface area contributed by atoms with E-state index in [9.17, 15) is 4.79 Å². The predicted molar refractivity (Wildman–Crippen MR) is 133 cm³/mol. The van der Waals surface area contributed by atoms with Crippen LogP contribution in [-0.4, -0.2) is 18.2 Å². The van der Waals surface area contributed by atoms with Crippen molar-refractivity contribution in [1.82, 2.24) is 4.90 Å². The number of aryl methyl sites for hydroxylation is 1. The van der Waals surface area contributed by atoms with Gasteiger partial charge in [-0.2, -0.15) is 0 Å². The maximum Gasteiger partial charge on any atom is 0.340 e. The number of benzene rings is 3. The third kappa shape index (κ3) is 4.51. The zero-order valence-electron chi connectivity index (χ0n) is 18.2. The molecule has 0 bridgehead atoms. The van der Waals surface area contributed by atoms with Crippen LogP contribution in [0.25, 0.3) is 11.0 Å². The van der Waals surface area contributed by atoms with Gasteiger partial charge in [-0.25, -0.2) is 4.79 Å². The molecular formula is C27H23Cl2NO3. The van der Waals surface area contributed by atoms with Crippen LogP contribution in [0.4, 0.5) is 0 Å². The molecule has 1 aliphatic rings. The molecule has 4 aromatic rings. The summed E-state index contributed by atoms with van der Waals surface area (Å²) in [5.74, 6) is 0.765. The average Bonchev–Trinajstić information content (AvgIpc) is 2.82. The lowest BCUT2D eigenvalue weighted by molar-refractivity contribution is 0.0968. The summed E-state index contributed by atoms with van der Waals surface area (Å²) in [6.07, 6.45) is 1.32. The highest BCUT2D eigenvalue weighted by atomic mass is 35.5. The molecule has 1 aliphatic heterocycles. The van der Waals surface area contributed by atoms with Gasteiger partial charge in [0.2, 0.25) is 0 Å². The van der Waals surface area contributed by atoms with Gasteiger partial charge < -0.3 is 9.15 Å². The summed E-state index contributed by atoms with van der Waals surface area (Å²) in [7, 11) is 0. The van der Waals surface area contributed by atoms with Gasteiger partial charge in [0, 0.05) is 40.5 Å². The zero-order valence-corrected chi connectivity index (χ0v) is 19.7. The molecule has 2 heterocycles. The standard InChI is InChI=1S/C27H23Cl2NO3/c1-17-21-9-10-25-23(26(21)33-27(31)22(17)13-18-5-3-2-4-6-18)15-30(16-32-25)12-11-19-7-8-20(28)14-24(19)29/h2-10,14H,11-13,15-16H2,1H3. The van der Waals surface area contributed by atoms with Crippen molar-refractivity contribution >= 4 is 34.2 Å². The number of rotatable bonds is 5. The maximum atomic E-state index is 13.0. The first kappa shape index (κ1) is 22.0. The van der Waals surface area contributed by atoms with Crippen molar-refractivity contribution in [3.05, 3.63) is 109 Å². The van der Waals surface area contributed by atoms with Crippen LogP contribution in [0.2, 0.25) is 10.0 Å². The van der Waals surface area contributed by atoms with Crippen LogP contribution in [0.5, 0.6) is 5.75 Å². The lowest BCUT2D eigenvalue weighted by Gasteiger charge is -2.29. The molecule has 0 saturated heterocycles. The Morgan fingerprint density at radius 2 is 1.85 bits per heavy atom. The average molecular weight is 480 g/mol. The number of fused-ring (bicyclic) bond motifs is 3. The smallest absolute Gasteiger partial charge is 0.340 e. The molecule has 0 atom stereocenters. The Kier molecular flexibility index (Phi) is 6.15. The van der Waals surface area contributed by atoms with Gasteiger partial charge in [0.25, 0.3) is 0 Å². The van der Waals surface area contributed by atoms with Crippen LogP contribution in [0, 0.1) is 6.92 Å². The number of nitrogens with zero attached hydrogens (tertiary/aromatic N) is 1. The number of hydrogen-bond donors (Lipinski definition) is 0. The van der Waals surface area contributed by atoms with E-state index in [2.05, 4.69) is 4.90 Å². The molecular weight excluding hydrogens is 457 g/mol. The molecule has 4 nitrogen and oxygen atoms in total. The van der Waals surface area contributed by atoms with Crippen molar-refractivity contribution in [3.8, 4) is 5.75 Å². The molecule has 0 spiro atoms. The van der Waals surface area contributed by atoms with Crippen LogP contribution in [0.15, 0.2) is 69.9 Å². The normalized spacial score (nSPS) is 13.7. The van der Waals surface area contributed by atoms with Crippen molar-refractivity contribution in [3.63, 3.8) is 0 Å². The molecule has 168 valence electrons. The first-order valence-electron chi connectivity index (χ1n) is 10.9. The second-order valence-electron chi connectivity index (χ2n) is 8.39. The summed E-state index contributed by atoms with van der Waals surface area (Å²) in [4.78, 5) is 15.1. The van der Waals surface area contributed by atoms with E-state index >= 15 is 0 Å². The van der Waals surface area contributed by atoms with Gasteiger partial charge in [-0.3, -0.25) is 4.90 Å². The summed E-state index contributed by atoms with van der Waals surface area (Å²) in [6, 6.07) is 19.5. The van der Waals surface area contributed by atoms with E-state index in [-0.39, 0.29) is 5.63 Å². The zero-order chi connectivity index (χ0) is 22.9. The number of ether oxygens (including phenoxy) is 1. The monoisotopic (exact) mass is 479 g/mol. The highest BCUT2D eigenvalue weighted by Gasteiger charge is 2.23. The quantitative estimate of drug-likeness (QED) is 0.311. The van der Waals surface area contributed by atoms with Crippen LogP contribution in [-0.2, 0) is 19.4 Å². The Labute approximate surface area is 202 Å². The Balaban J connectivity index is 1.43. The molecule has 0 aliphatic carbocycles. The summed E-state index contributed by atoms with van der Waals surface area (Å²) in [5, 5.41) is 2.24. The Morgan fingerprint density at radius 3 is 2.64 bits per heavy atom. The SMILES string of the molecule is Cc1c(Cc2ccccc2)c(=O)oc2c3c(ccc12)OCN(CCc1ccc(Cl)cc1Cl)C3. The van der Waals surface area contributed by atoms with Gasteiger partial charge in [0.15, 0.2) is 0 Å². The fraction of sp³-hybridized carbons (Fsp3) is 0.222. The van der Waals surface area contributed by atoms with Crippen molar-refractivity contribution in [2.75, 3.05) is 13.3 Å². The summed E-state index contributed by atoms with van der Waals surface area (Å²) >= 11 is 12.3. The van der Waals surface area contributed by atoms with Crippen molar-refractivity contribution < 1.29 is 9.15 Å². The predicted octanol–water partition coefficient (Wildman–Crippen LogP) is 6.39. The largest absolute Gasteiger partial charge is 0.478 e. The minimum atomic E-state index is -0.290. The molecule has 33 heavy (non-hydrogen) atoms. The lowest BCUT2D eigenvalue weighted by atomic mass is 9.97. The van der Waals surface area contributed by atoms with Crippen LogP contribution in [0.1, 0.15) is 27.8 Å². The minimum Gasteiger partial charge on any atom is -0.478 e. The molecule has 1 aromatic heterocycles. The second kappa shape index (κ2) is 9.22. The van der Waals surface area contributed by atoms with Gasteiger partial charge in [0.1, 0.15) is 18.1 Å². The summed E-state index contributed by atoms with van der Waals surface area (Å²) in [5.41, 5.74) is 5.01. The number of hydrogen-bond acceptors (Lipinski definition) is 4. The third-order valence-electron chi connectivity index (χ3n) is 6.24. The minimum absolute atomic E-state index is 0.290. The summed E-state index contributed by atoms with van der Waals surface area (Å²) < 4.78 is 11.9. The topological polar surface area (TPSA) is 42.7 Å². The number of halogens is 2. The van der Waals surface area contributed by atoms with Gasteiger partial charge in [-0.05, 0) is 54.3 Å².